The molecule has 0 amide bonds. The van der Waals surface area contributed by atoms with Crippen LogP contribution in [0.4, 0.5) is 0 Å². The molecular weight excluding hydrogens is 462 g/mol. The van der Waals surface area contributed by atoms with Crippen LogP contribution in [0, 0.1) is 5.92 Å². The van der Waals surface area contributed by atoms with Gasteiger partial charge in [-0.05, 0) is 17.9 Å². The first-order valence-electron chi connectivity index (χ1n) is 12.5. The second kappa shape index (κ2) is 31.0. The maximum Gasteiger partial charge on any atom is 0.0701 e. The summed E-state index contributed by atoms with van der Waals surface area (Å²) >= 11 is 0. The van der Waals surface area contributed by atoms with Crippen LogP contribution in [0.15, 0.2) is 5.11 Å². The number of azide groups is 1. The zero-order valence-corrected chi connectivity index (χ0v) is 21.7. The highest BCUT2D eigenvalue weighted by Crippen LogP contribution is 1.98. The van der Waals surface area contributed by atoms with E-state index in [4.69, 9.17) is 48.2 Å². The summed E-state index contributed by atoms with van der Waals surface area (Å²) in [5.74, 6) is 0.669. The average Bonchev–Trinajstić information content (AvgIpc) is 2.85. The van der Waals surface area contributed by atoms with Gasteiger partial charge >= 0.3 is 0 Å². The average molecular weight is 510 g/mol. The quantitative estimate of drug-likeness (QED) is 0.0620. The van der Waals surface area contributed by atoms with Crippen LogP contribution in [-0.4, -0.2) is 125 Å². The molecule has 0 atom stereocenters. The van der Waals surface area contributed by atoms with E-state index in [1.165, 1.54) is 0 Å². The summed E-state index contributed by atoms with van der Waals surface area (Å²) in [7, 11) is 0. The second-order valence-electron chi connectivity index (χ2n) is 7.65. The maximum absolute atomic E-state index is 8.11. The normalized spacial score (nSPS) is 11.3. The van der Waals surface area contributed by atoms with E-state index < -0.39 is 0 Å². The SMILES string of the molecule is CC(C)CCOCCOCCOCCOCCOCCOCCOCCOCCOCCN=[N+]=[N-]. The van der Waals surface area contributed by atoms with Crippen molar-refractivity contribution in [3.8, 4) is 0 Å². The van der Waals surface area contributed by atoms with Gasteiger partial charge in [-0.15, -0.1) is 0 Å². The molecule has 0 heterocycles. The van der Waals surface area contributed by atoms with Crippen molar-refractivity contribution >= 4 is 0 Å². The Labute approximate surface area is 210 Å². The predicted octanol–water partition coefficient (Wildman–Crippen LogP) is 2.49. The molecule has 0 saturated heterocycles. The topological polar surface area (TPSA) is 132 Å². The van der Waals surface area contributed by atoms with Crippen molar-refractivity contribution in [1.82, 2.24) is 0 Å². The zero-order valence-electron chi connectivity index (χ0n) is 21.7. The van der Waals surface area contributed by atoms with Crippen LogP contribution in [0.3, 0.4) is 0 Å². The van der Waals surface area contributed by atoms with Gasteiger partial charge in [-0.2, -0.15) is 0 Å². The summed E-state index contributed by atoms with van der Waals surface area (Å²) in [4.78, 5) is 2.64. The Morgan fingerprint density at radius 1 is 0.457 bits per heavy atom. The largest absolute Gasteiger partial charge is 0.379 e. The summed E-state index contributed by atoms with van der Waals surface area (Å²) in [5.41, 5.74) is 8.11. The van der Waals surface area contributed by atoms with E-state index in [2.05, 4.69) is 23.9 Å². The Hall–Kier alpha value is -1.05. The molecule has 0 N–H and O–H groups in total. The molecule has 12 nitrogen and oxygen atoms in total. The number of nitrogens with zero attached hydrogens (tertiary/aromatic N) is 3. The van der Waals surface area contributed by atoms with Gasteiger partial charge in [0.15, 0.2) is 0 Å². The van der Waals surface area contributed by atoms with Crippen molar-refractivity contribution in [3.05, 3.63) is 10.4 Å². The fourth-order valence-electron chi connectivity index (χ4n) is 2.33. The lowest BCUT2D eigenvalue weighted by molar-refractivity contribution is -0.0250. The number of rotatable bonds is 30. The highest BCUT2D eigenvalue weighted by molar-refractivity contribution is 4.44. The minimum absolute atomic E-state index is 0.334. The number of hydrogen-bond donors (Lipinski definition) is 0. The third-order valence-corrected chi connectivity index (χ3v) is 4.21. The lowest BCUT2D eigenvalue weighted by atomic mass is 10.1. The first-order valence-corrected chi connectivity index (χ1v) is 12.5. The Kier molecular flexibility index (Phi) is 30.1. The van der Waals surface area contributed by atoms with Gasteiger partial charge in [0.1, 0.15) is 0 Å². The Morgan fingerprint density at radius 3 is 0.971 bits per heavy atom. The first-order chi connectivity index (χ1) is 17.3. The van der Waals surface area contributed by atoms with Crippen LogP contribution in [0.5, 0.6) is 0 Å². The number of ether oxygens (including phenoxy) is 9. The maximum atomic E-state index is 8.11. The van der Waals surface area contributed by atoms with Gasteiger partial charge in [0.2, 0.25) is 0 Å². The van der Waals surface area contributed by atoms with Gasteiger partial charge in [-0.25, -0.2) is 0 Å². The molecule has 0 saturated carbocycles. The molecule has 0 unspecified atom stereocenters. The monoisotopic (exact) mass is 509 g/mol. The van der Waals surface area contributed by atoms with Gasteiger partial charge in [-0.1, -0.05) is 19.0 Å². The molecular formula is C23H47N3O9. The van der Waals surface area contributed by atoms with E-state index in [9.17, 15) is 0 Å². The molecule has 0 fully saturated rings. The minimum Gasteiger partial charge on any atom is -0.379 e. The standard InChI is InChI=1S/C23H47N3O9/c1-23(2)3-5-27-7-9-29-11-13-31-15-17-33-19-21-35-22-20-34-18-16-32-14-12-30-10-8-28-6-4-25-26-24/h23H,3-22H2,1-2H3. The van der Waals surface area contributed by atoms with Crippen molar-refractivity contribution in [2.24, 2.45) is 11.0 Å². The molecule has 0 spiro atoms. The summed E-state index contributed by atoms with van der Waals surface area (Å²) in [6, 6.07) is 0. The molecule has 0 bridgehead atoms. The fourth-order valence-corrected chi connectivity index (χ4v) is 2.33. The van der Waals surface area contributed by atoms with Crippen molar-refractivity contribution in [2.45, 2.75) is 20.3 Å². The second-order valence-corrected chi connectivity index (χ2v) is 7.65. The van der Waals surface area contributed by atoms with E-state index in [0.29, 0.717) is 125 Å². The van der Waals surface area contributed by atoms with E-state index in [0.717, 1.165) is 13.0 Å². The molecule has 0 aromatic carbocycles. The third-order valence-electron chi connectivity index (χ3n) is 4.21. The van der Waals surface area contributed by atoms with Crippen LogP contribution < -0.4 is 0 Å². The molecule has 0 radical (unpaired) electrons. The number of hydrogen-bond acceptors (Lipinski definition) is 10. The lowest BCUT2D eigenvalue weighted by Crippen LogP contribution is -2.15. The van der Waals surface area contributed by atoms with Crippen LogP contribution in [0.1, 0.15) is 20.3 Å². The van der Waals surface area contributed by atoms with Crippen molar-refractivity contribution in [3.63, 3.8) is 0 Å². The van der Waals surface area contributed by atoms with Crippen molar-refractivity contribution < 1.29 is 42.6 Å². The van der Waals surface area contributed by atoms with Crippen molar-refractivity contribution in [2.75, 3.05) is 125 Å². The smallest absolute Gasteiger partial charge is 0.0701 e. The summed E-state index contributed by atoms with van der Waals surface area (Å²) in [6.07, 6.45) is 1.08. The van der Waals surface area contributed by atoms with Crippen molar-refractivity contribution in [1.29, 1.82) is 0 Å². The molecule has 0 aromatic rings. The highest BCUT2D eigenvalue weighted by atomic mass is 16.6. The van der Waals surface area contributed by atoms with E-state index >= 15 is 0 Å². The van der Waals surface area contributed by atoms with Crippen LogP contribution in [-0.2, 0) is 42.6 Å². The Balaban J connectivity index is 3.02. The first kappa shape index (κ1) is 34.0. The zero-order chi connectivity index (χ0) is 25.5. The summed E-state index contributed by atoms with van der Waals surface area (Å²) in [5, 5.41) is 3.37. The molecule has 0 rings (SSSR count). The van der Waals surface area contributed by atoms with E-state index in [-0.39, 0.29) is 0 Å². The summed E-state index contributed by atoms with van der Waals surface area (Å²) in [6.45, 7) is 14.3. The van der Waals surface area contributed by atoms with Crippen LogP contribution in [0.2, 0.25) is 0 Å². The molecule has 12 heteroatoms. The van der Waals surface area contributed by atoms with Crippen LogP contribution in [0.25, 0.3) is 10.4 Å². The Morgan fingerprint density at radius 2 is 0.714 bits per heavy atom. The minimum atomic E-state index is 0.334. The van der Waals surface area contributed by atoms with Gasteiger partial charge in [0.05, 0.1) is 112 Å². The third kappa shape index (κ3) is 33.0. The van der Waals surface area contributed by atoms with Gasteiger partial charge < -0.3 is 42.6 Å². The van der Waals surface area contributed by atoms with Gasteiger partial charge in [0.25, 0.3) is 0 Å². The molecule has 0 aliphatic carbocycles. The van der Waals surface area contributed by atoms with Gasteiger partial charge in [-0.3, -0.25) is 0 Å². The lowest BCUT2D eigenvalue weighted by Gasteiger charge is -2.09. The Bertz CT molecular complexity index is 456. The summed E-state index contributed by atoms with van der Waals surface area (Å²) < 4.78 is 48.6. The van der Waals surface area contributed by atoms with Gasteiger partial charge in [0, 0.05) is 18.1 Å². The molecule has 0 aromatic heterocycles. The van der Waals surface area contributed by atoms with E-state index in [1.54, 1.807) is 0 Å². The molecule has 35 heavy (non-hydrogen) atoms. The fraction of sp³-hybridized carbons (Fsp3) is 1.00. The van der Waals surface area contributed by atoms with Crippen LogP contribution >= 0.6 is 0 Å². The predicted molar refractivity (Wildman–Crippen MR) is 131 cm³/mol. The molecule has 0 aliphatic rings. The molecule has 0 aliphatic heterocycles. The molecule has 208 valence electrons. The van der Waals surface area contributed by atoms with E-state index in [1.807, 2.05) is 0 Å². The highest BCUT2D eigenvalue weighted by Gasteiger charge is 1.96.